The lowest BCUT2D eigenvalue weighted by Crippen LogP contribution is -2.30. The number of rotatable bonds is 2. The fourth-order valence-corrected chi connectivity index (χ4v) is 1.80. The lowest BCUT2D eigenvalue weighted by atomic mass is 9.92. The Hall–Kier alpha value is -1.48. The fraction of sp³-hybridized carbons (Fsp3) is 0.154. The lowest BCUT2D eigenvalue weighted by Gasteiger charge is -2.22. The van der Waals surface area contributed by atoms with Crippen LogP contribution in [0.25, 0.3) is 5.57 Å². The Morgan fingerprint density at radius 1 is 1.31 bits per heavy atom. The van der Waals surface area contributed by atoms with Crippen LogP contribution in [-0.2, 0) is 4.79 Å². The van der Waals surface area contributed by atoms with E-state index in [-0.39, 0.29) is 0 Å². The zero-order valence-corrected chi connectivity index (χ0v) is 9.52. The molecule has 1 aromatic rings. The van der Waals surface area contributed by atoms with E-state index in [2.05, 4.69) is 12.6 Å². The molecule has 1 unspecified atom stereocenters. The van der Waals surface area contributed by atoms with Crippen molar-refractivity contribution in [3.05, 3.63) is 54.1 Å². The van der Waals surface area contributed by atoms with Gasteiger partial charge < -0.3 is 5.11 Å². The third kappa shape index (κ3) is 2.04. The largest absolute Gasteiger partial charge is 0.480 e. The maximum atomic E-state index is 11.0. The molecule has 1 aromatic carbocycles. The van der Waals surface area contributed by atoms with Gasteiger partial charge in [-0.25, -0.2) is 0 Å². The minimum absolute atomic E-state index is 0.409. The van der Waals surface area contributed by atoms with Crippen LogP contribution in [0.4, 0.5) is 0 Å². The molecule has 0 aliphatic heterocycles. The van der Waals surface area contributed by atoms with Crippen LogP contribution in [0.15, 0.2) is 48.6 Å². The smallest absolute Gasteiger partial charge is 0.323 e. The number of carboxylic acids is 1. The predicted molar refractivity (Wildman–Crippen MR) is 67.5 cm³/mol. The van der Waals surface area contributed by atoms with Gasteiger partial charge in [0.05, 0.1) is 0 Å². The summed E-state index contributed by atoms with van der Waals surface area (Å²) in [5, 5.41) is 9.00. The number of hydrogen-bond acceptors (Lipinski definition) is 2. The highest BCUT2D eigenvalue weighted by Gasteiger charge is 2.32. The molecule has 3 heteroatoms. The van der Waals surface area contributed by atoms with E-state index in [1.54, 1.807) is 6.08 Å². The molecule has 0 aromatic heterocycles. The summed E-state index contributed by atoms with van der Waals surface area (Å²) in [6, 6.07) is 9.88. The van der Waals surface area contributed by atoms with Crippen molar-refractivity contribution in [2.75, 3.05) is 0 Å². The Morgan fingerprint density at radius 2 is 2.00 bits per heavy atom. The summed E-state index contributed by atoms with van der Waals surface area (Å²) in [4.78, 5) is 11.0. The number of carbonyl (C=O) groups is 1. The second kappa shape index (κ2) is 4.18. The molecular formula is C13H12O2S. The van der Waals surface area contributed by atoms with Gasteiger partial charge in [0, 0.05) is 0 Å². The standard InChI is InChI=1S/C13H12O2S/c14-12(15)13(16)8-6-11(7-9-13)10-4-2-1-3-5-10/h1-8,16H,9H2,(H,14,15). The Bertz CT molecular complexity index is 462. The molecule has 0 radical (unpaired) electrons. The van der Waals surface area contributed by atoms with Gasteiger partial charge in [-0.3, -0.25) is 4.79 Å². The first-order valence-corrected chi connectivity index (χ1v) is 5.47. The Labute approximate surface area is 99.7 Å². The third-order valence-corrected chi connectivity index (χ3v) is 3.17. The average Bonchev–Trinajstić information content (AvgIpc) is 2.31. The zero-order valence-electron chi connectivity index (χ0n) is 8.63. The van der Waals surface area contributed by atoms with Crippen LogP contribution in [0.5, 0.6) is 0 Å². The van der Waals surface area contributed by atoms with Crippen molar-refractivity contribution in [2.24, 2.45) is 0 Å². The lowest BCUT2D eigenvalue weighted by molar-refractivity contribution is -0.138. The molecule has 1 aliphatic rings. The molecular weight excluding hydrogens is 220 g/mol. The quantitative estimate of drug-likeness (QED) is 0.769. The number of aliphatic carboxylic acids is 1. The molecule has 1 atom stereocenters. The third-order valence-electron chi connectivity index (χ3n) is 2.65. The molecule has 0 saturated heterocycles. The minimum Gasteiger partial charge on any atom is -0.480 e. The number of thiol groups is 1. The Balaban J connectivity index is 2.23. The van der Waals surface area contributed by atoms with E-state index in [0.717, 1.165) is 11.1 Å². The summed E-state index contributed by atoms with van der Waals surface area (Å²) >= 11 is 4.17. The van der Waals surface area contributed by atoms with Crippen LogP contribution >= 0.6 is 12.6 Å². The van der Waals surface area contributed by atoms with E-state index in [4.69, 9.17) is 5.11 Å². The first-order valence-electron chi connectivity index (χ1n) is 5.02. The van der Waals surface area contributed by atoms with Gasteiger partial charge in [0.25, 0.3) is 0 Å². The molecule has 0 spiro atoms. The van der Waals surface area contributed by atoms with Crippen LogP contribution < -0.4 is 0 Å². The van der Waals surface area contributed by atoms with Crippen LogP contribution in [0.2, 0.25) is 0 Å². The van der Waals surface area contributed by atoms with E-state index >= 15 is 0 Å². The maximum Gasteiger partial charge on any atom is 0.323 e. The molecule has 82 valence electrons. The second-order valence-electron chi connectivity index (χ2n) is 3.79. The van der Waals surface area contributed by atoms with E-state index < -0.39 is 10.7 Å². The minimum atomic E-state index is -1.06. The number of hydrogen-bond donors (Lipinski definition) is 2. The highest BCUT2D eigenvalue weighted by Crippen LogP contribution is 2.31. The Kier molecular flexibility index (Phi) is 2.88. The SMILES string of the molecule is O=C(O)C1(S)C=CC(c2ccccc2)=CC1. The molecule has 16 heavy (non-hydrogen) atoms. The first-order chi connectivity index (χ1) is 7.62. The van der Waals surface area contributed by atoms with Crippen LogP contribution in [0.3, 0.4) is 0 Å². The molecule has 1 N–H and O–H groups in total. The van der Waals surface area contributed by atoms with Gasteiger partial charge in [-0.05, 0) is 17.6 Å². The molecule has 1 aliphatic carbocycles. The van der Waals surface area contributed by atoms with Crippen LogP contribution in [0.1, 0.15) is 12.0 Å². The summed E-state index contributed by atoms with van der Waals surface area (Å²) in [7, 11) is 0. The van der Waals surface area contributed by atoms with Crippen molar-refractivity contribution in [2.45, 2.75) is 11.2 Å². The van der Waals surface area contributed by atoms with Crippen molar-refractivity contribution in [3.63, 3.8) is 0 Å². The van der Waals surface area contributed by atoms with E-state index in [1.165, 1.54) is 0 Å². The van der Waals surface area contributed by atoms with Crippen LogP contribution in [-0.4, -0.2) is 15.8 Å². The summed E-state index contributed by atoms with van der Waals surface area (Å²) in [5.41, 5.74) is 2.14. The van der Waals surface area contributed by atoms with Crippen LogP contribution in [0, 0.1) is 0 Å². The second-order valence-corrected chi connectivity index (χ2v) is 4.59. The van der Waals surface area contributed by atoms with Crippen molar-refractivity contribution < 1.29 is 9.90 Å². The molecule has 0 saturated carbocycles. The highest BCUT2D eigenvalue weighted by molar-refractivity contribution is 7.83. The number of benzene rings is 1. The van der Waals surface area contributed by atoms with Crippen molar-refractivity contribution in [1.82, 2.24) is 0 Å². The monoisotopic (exact) mass is 232 g/mol. The van der Waals surface area contributed by atoms with E-state index in [1.807, 2.05) is 42.5 Å². The highest BCUT2D eigenvalue weighted by atomic mass is 32.1. The van der Waals surface area contributed by atoms with Gasteiger partial charge in [0.2, 0.25) is 0 Å². The molecule has 2 rings (SSSR count). The Morgan fingerprint density at radius 3 is 2.50 bits per heavy atom. The topological polar surface area (TPSA) is 37.3 Å². The van der Waals surface area contributed by atoms with E-state index in [9.17, 15) is 4.79 Å². The van der Waals surface area contributed by atoms with Crippen molar-refractivity contribution in [1.29, 1.82) is 0 Å². The zero-order chi connectivity index (χ0) is 11.6. The number of allylic oxidation sites excluding steroid dienone is 3. The van der Waals surface area contributed by atoms with Gasteiger partial charge in [0.15, 0.2) is 0 Å². The van der Waals surface area contributed by atoms with Gasteiger partial charge in [0.1, 0.15) is 4.75 Å². The van der Waals surface area contributed by atoms with Crippen molar-refractivity contribution >= 4 is 24.2 Å². The predicted octanol–water partition coefficient (Wildman–Crippen LogP) is 2.78. The van der Waals surface area contributed by atoms with Gasteiger partial charge in [-0.15, -0.1) is 0 Å². The molecule has 0 fully saturated rings. The fourth-order valence-electron chi connectivity index (χ4n) is 1.63. The summed E-state index contributed by atoms with van der Waals surface area (Å²) in [5.74, 6) is -0.907. The van der Waals surface area contributed by atoms with Gasteiger partial charge in [-0.1, -0.05) is 48.6 Å². The van der Waals surface area contributed by atoms with E-state index in [0.29, 0.717) is 6.42 Å². The summed E-state index contributed by atoms with van der Waals surface area (Å²) in [6.45, 7) is 0. The average molecular weight is 232 g/mol. The molecule has 0 amide bonds. The number of carboxylic acid groups (broad SMARTS) is 1. The van der Waals surface area contributed by atoms with Gasteiger partial charge >= 0.3 is 5.97 Å². The van der Waals surface area contributed by atoms with Gasteiger partial charge in [-0.2, -0.15) is 12.6 Å². The molecule has 2 nitrogen and oxygen atoms in total. The first kappa shape index (κ1) is 11.0. The van der Waals surface area contributed by atoms with Crippen molar-refractivity contribution in [3.8, 4) is 0 Å². The summed E-state index contributed by atoms with van der Waals surface area (Å²) < 4.78 is -1.06. The molecule has 0 heterocycles. The normalized spacial score (nSPS) is 23.9. The molecule has 0 bridgehead atoms. The maximum absolute atomic E-state index is 11.0. The summed E-state index contributed by atoms with van der Waals surface area (Å²) in [6.07, 6.45) is 5.78.